The van der Waals surface area contributed by atoms with Crippen molar-refractivity contribution in [3.63, 3.8) is 0 Å². The van der Waals surface area contributed by atoms with Gasteiger partial charge in [0.15, 0.2) is 6.61 Å². The van der Waals surface area contributed by atoms with E-state index in [1.165, 1.54) is 7.11 Å². The topological polar surface area (TPSA) is 79.4 Å². The Kier molecular flexibility index (Phi) is 5.29. The zero-order chi connectivity index (χ0) is 18.7. The first-order chi connectivity index (χ1) is 12.5. The number of ether oxygens (including phenoxy) is 2. The molecule has 0 bridgehead atoms. The van der Waals surface area contributed by atoms with Gasteiger partial charge in [0.1, 0.15) is 5.75 Å². The lowest BCUT2D eigenvalue weighted by Crippen LogP contribution is -2.38. The van der Waals surface area contributed by atoms with Crippen molar-refractivity contribution in [2.24, 2.45) is 0 Å². The van der Waals surface area contributed by atoms with Crippen LogP contribution in [0, 0.1) is 0 Å². The summed E-state index contributed by atoms with van der Waals surface area (Å²) in [6.07, 6.45) is 0.602. The molecule has 0 aliphatic carbocycles. The van der Waals surface area contributed by atoms with Gasteiger partial charge in [-0.3, -0.25) is 9.59 Å². The third kappa shape index (κ3) is 3.74. The van der Waals surface area contributed by atoms with Gasteiger partial charge in [-0.05, 0) is 24.1 Å². The fraction of sp³-hybridized carbons (Fsp3) is 0.500. The van der Waals surface area contributed by atoms with E-state index in [9.17, 15) is 14.4 Å². The Morgan fingerprint density at radius 3 is 2.65 bits per heavy atom. The molecule has 2 heterocycles. The molecule has 8 heteroatoms. The molecule has 140 valence electrons. The second-order valence-electron chi connectivity index (χ2n) is 6.41. The van der Waals surface area contributed by atoms with Crippen molar-refractivity contribution in [2.75, 3.05) is 51.8 Å². The number of carbonyl (C=O) groups excluding carboxylic acids is 3. The van der Waals surface area contributed by atoms with Gasteiger partial charge in [-0.2, -0.15) is 0 Å². The maximum Gasteiger partial charge on any atom is 0.409 e. The Morgan fingerprint density at radius 1 is 1.15 bits per heavy atom. The fourth-order valence-electron chi connectivity index (χ4n) is 3.19. The maximum absolute atomic E-state index is 12.7. The standard InChI is InChI=1S/C18H23N3O5/c1-19-14-10-13(4-5-15(14)26-12-17(19)23)11-16(22)20-6-3-7-21(9-8-20)18(24)25-2/h4-5,10H,3,6-9,11-12H2,1-2H3. The SMILES string of the molecule is COC(=O)N1CCCN(C(=O)Cc2ccc3c(c2)N(C)C(=O)CO3)CC1. The number of nitrogens with zero attached hydrogens (tertiary/aromatic N) is 3. The van der Waals surface area contributed by atoms with E-state index in [0.717, 1.165) is 12.0 Å². The number of fused-ring (bicyclic) bond motifs is 1. The first-order valence-electron chi connectivity index (χ1n) is 8.62. The highest BCUT2D eigenvalue weighted by Crippen LogP contribution is 2.32. The van der Waals surface area contributed by atoms with Gasteiger partial charge in [0.25, 0.3) is 5.91 Å². The molecule has 1 aromatic carbocycles. The van der Waals surface area contributed by atoms with Crippen LogP contribution in [0.5, 0.6) is 5.75 Å². The van der Waals surface area contributed by atoms with Crippen LogP contribution in [0.25, 0.3) is 0 Å². The fourth-order valence-corrected chi connectivity index (χ4v) is 3.19. The largest absolute Gasteiger partial charge is 0.482 e. The van der Waals surface area contributed by atoms with Crippen LogP contribution >= 0.6 is 0 Å². The Balaban J connectivity index is 1.65. The summed E-state index contributed by atoms with van der Waals surface area (Å²) in [6, 6.07) is 5.46. The van der Waals surface area contributed by atoms with E-state index in [0.29, 0.717) is 37.6 Å². The van der Waals surface area contributed by atoms with Gasteiger partial charge in [0.2, 0.25) is 5.91 Å². The molecule has 1 saturated heterocycles. The van der Waals surface area contributed by atoms with Crippen LogP contribution < -0.4 is 9.64 Å². The number of benzene rings is 1. The lowest BCUT2D eigenvalue weighted by atomic mass is 10.1. The molecule has 1 aromatic rings. The van der Waals surface area contributed by atoms with E-state index in [1.807, 2.05) is 12.1 Å². The van der Waals surface area contributed by atoms with Gasteiger partial charge in [-0.15, -0.1) is 0 Å². The van der Waals surface area contributed by atoms with Gasteiger partial charge in [-0.25, -0.2) is 4.79 Å². The average molecular weight is 361 g/mol. The van der Waals surface area contributed by atoms with Crippen molar-refractivity contribution in [1.29, 1.82) is 0 Å². The number of hydrogen-bond acceptors (Lipinski definition) is 5. The number of hydrogen-bond donors (Lipinski definition) is 0. The summed E-state index contributed by atoms with van der Waals surface area (Å²) in [5.74, 6) is 0.533. The third-order valence-electron chi connectivity index (χ3n) is 4.75. The van der Waals surface area contributed by atoms with Crippen LogP contribution in [0.2, 0.25) is 0 Å². The zero-order valence-electron chi connectivity index (χ0n) is 15.1. The molecule has 2 aliphatic rings. The molecular formula is C18H23N3O5. The van der Waals surface area contributed by atoms with Crippen LogP contribution in [0.1, 0.15) is 12.0 Å². The van der Waals surface area contributed by atoms with Gasteiger partial charge in [0.05, 0.1) is 19.2 Å². The summed E-state index contributed by atoms with van der Waals surface area (Å²) >= 11 is 0. The number of amides is 3. The summed E-state index contributed by atoms with van der Waals surface area (Å²) < 4.78 is 10.2. The monoisotopic (exact) mass is 361 g/mol. The molecule has 0 unspecified atom stereocenters. The van der Waals surface area contributed by atoms with Gasteiger partial charge >= 0.3 is 6.09 Å². The Morgan fingerprint density at radius 2 is 1.88 bits per heavy atom. The van der Waals surface area contributed by atoms with Gasteiger partial charge < -0.3 is 24.2 Å². The molecule has 0 spiro atoms. The van der Waals surface area contributed by atoms with Crippen molar-refractivity contribution in [3.8, 4) is 5.75 Å². The normalized spacial score (nSPS) is 17.3. The minimum atomic E-state index is -0.360. The molecular weight excluding hydrogens is 338 g/mol. The molecule has 8 nitrogen and oxygen atoms in total. The predicted molar refractivity (Wildman–Crippen MR) is 94.2 cm³/mol. The second kappa shape index (κ2) is 7.63. The summed E-state index contributed by atoms with van der Waals surface area (Å²) in [7, 11) is 3.06. The Hall–Kier alpha value is -2.77. The Bertz CT molecular complexity index is 721. The number of carbonyl (C=O) groups is 3. The van der Waals surface area contributed by atoms with Crippen LogP contribution in [0.3, 0.4) is 0 Å². The highest BCUT2D eigenvalue weighted by molar-refractivity contribution is 5.97. The molecule has 0 saturated carbocycles. The van der Waals surface area contributed by atoms with Crippen molar-refractivity contribution >= 4 is 23.6 Å². The highest BCUT2D eigenvalue weighted by Gasteiger charge is 2.25. The van der Waals surface area contributed by atoms with Crippen molar-refractivity contribution in [3.05, 3.63) is 23.8 Å². The first-order valence-corrected chi connectivity index (χ1v) is 8.62. The van der Waals surface area contributed by atoms with E-state index in [2.05, 4.69) is 0 Å². The Labute approximate surface area is 152 Å². The van der Waals surface area contributed by atoms with E-state index >= 15 is 0 Å². The van der Waals surface area contributed by atoms with Crippen molar-refractivity contribution in [1.82, 2.24) is 9.80 Å². The molecule has 1 fully saturated rings. The number of likely N-dealkylation sites (N-methyl/N-ethyl adjacent to an activating group) is 1. The number of methoxy groups -OCH3 is 1. The minimum Gasteiger partial charge on any atom is -0.482 e. The van der Waals surface area contributed by atoms with Crippen LogP contribution in [-0.4, -0.2) is 74.7 Å². The third-order valence-corrected chi connectivity index (χ3v) is 4.75. The molecule has 26 heavy (non-hydrogen) atoms. The van der Waals surface area contributed by atoms with Gasteiger partial charge in [-0.1, -0.05) is 6.07 Å². The summed E-state index contributed by atoms with van der Waals surface area (Å²) in [5, 5.41) is 0. The highest BCUT2D eigenvalue weighted by atomic mass is 16.5. The number of anilines is 1. The molecule has 0 N–H and O–H groups in total. The van der Waals surface area contributed by atoms with Crippen LogP contribution in [0.15, 0.2) is 18.2 Å². The predicted octanol–water partition coefficient (Wildman–Crippen LogP) is 0.885. The zero-order valence-corrected chi connectivity index (χ0v) is 15.1. The molecule has 2 aliphatic heterocycles. The minimum absolute atomic E-state index is 0.00220. The van der Waals surface area contributed by atoms with Crippen LogP contribution in [-0.2, 0) is 20.7 Å². The summed E-state index contributed by atoms with van der Waals surface area (Å²) in [4.78, 5) is 41.0. The van der Waals surface area contributed by atoms with Crippen LogP contribution in [0.4, 0.5) is 10.5 Å². The van der Waals surface area contributed by atoms with E-state index in [-0.39, 0.29) is 30.9 Å². The number of rotatable bonds is 2. The molecule has 3 amide bonds. The summed E-state index contributed by atoms with van der Waals surface area (Å²) in [5.41, 5.74) is 1.51. The quantitative estimate of drug-likeness (QED) is 0.781. The molecule has 0 radical (unpaired) electrons. The molecule has 0 atom stereocenters. The summed E-state index contributed by atoms with van der Waals surface area (Å²) in [6.45, 7) is 2.18. The lowest BCUT2D eigenvalue weighted by molar-refractivity contribution is -0.130. The lowest BCUT2D eigenvalue weighted by Gasteiger charge is -2.26. The van der Waals surface area contributed by atoms with Gasteiger partial charge in [0, 0.05) is 33.2 Å². The maximum atomic E-state index is 12.7. The van der Waals surface area contributed by atoms with E-state index in [1.54, 1.807) is 27.8 Å². The van der Waals surface area contributed by atoms with Crippen molar-refractivity contribution in [2.45, 2.75) is 12.8 Å². The molecule has 3 rings (SSSR count). The molecule has 0 aromatic heterocycles. The average Bonchev–Trinajstić information content (AvgIpc) is 2.91. The van der Waals surface area contributed by atoms with E-state index < -0.39 is 0 Å². The second-order valence-corrected chi connectivity index (χ2v) is 6.41. The smallest absolute Gasteiger partial charge is 0.409 e. The van der Waals surface area contributed by atoms with Crippen molar-refractivity contribution < 1.29 is 23.9 Å². The van der Waals surface area contributed by atoms with E-state index in [4.69, 9.17) is 9.47 Å². The first kappa shape index (κ1) is 18.0.